The van der Waals surface area contributed by atoms with Gasteiger partial charge < -0.3 is 10.1 Å². The van der Waals surface area contributed by atoms with Crippen molar-refractivity contribution in [3.63, 3.8) is 0 Å². The van der Waals surface area contributed by atoms with Gasteiger partial charge >= 0.3 is 0 Å². The van der Waals surface area contributed by atoms with Crippen LogP contribution in [0.25, 0.3) is 0 Å². The van der Waals surface area contributed by atoms with Crippen molar-refractivity contribution in [3.8, 4) is 0 Å². The number of aliphatic hydroxyl groups is 1. The van der Waals surface area contributed by atoms with Crippen molar-refractivity contribution >= 4 is 0 Å². The Morgan fingerprint density at radius 3 is 2.67 bits per heavy atom. The van der Waals surface area contributed by atoms with Gasteiger partial charge in [0.15, 0.2) is 0 Å². The van der Waals surface area contributed by atoms with Crippen LogP contribution in [0.15, 0.2) is 0 Å². The maximum absolute atomic E-state index is 9.93. The number of aryl methyl sites for hydroxylation is 2. The average molecular weight is 210 g/mol. The van der Waals surface area contributed by atoms with E-state index in [2.05, 4.69) is 23.8 Å². The third-order valence-electron chi connectivity index (χ3n) is 2.60. The summed E-state index contributed by atoms with van der Waals surface area (Å²) in [6, 6.07) is 0. The molecular formula is C12H22N2O. The zero-order valence-corrected chi connectivity index (χ0v) is 10.0. The molecule has 1 heterocycles. The first-order valence-corrected chi connectivity index (χ1v) is 5.92. The molecule has 3 heteroatoms. The lowest BCUT2D eigenvalue weighted by molar-refractivity contribution is 0.159. The van der Waals surface area contributed by atoms with E-state index < -0.39 is 6.10 Å². The number of hydrogen-bond donors (Lipinski definition) is 2. The summed E-state index contributed by atoms with van der Waals surface area (Å²) in [5, 5.41) is 9.93. The van der Waals surface area contributed by atoms with Crippen molar-refractivity contribution < 1.29 is 5.11 Å². The number of aliphatic hydroxyl groups excluding tert-OH is 1. The van der Waals surface area contributed by atoms with Gasteiger partial charge in [-0.15, -0.1) is 0 Å². The zero-order valence-electron chi connectivity index (χ0n) is 10.0. The minimum Gasteiger partial charge on any atom is -0.387 e. The number of aromatic amines is 1. The number of unbranched alkanes of at least 4 members (excludes halogenated alkanes) is 1. The van der Waals surface area contributed by atoms with Gasteiger partial charge in [0.25, 0.3) is 0 Å². The van der Waals surface area contributed by atoms with E-state index in [9.17, 15) is 5.11 Å². The first kappa shape index (κ1) is 12.2. The van der Waals surface area contributed by atoms with Crippen LogP contribution in [-0.4, -0.2) is 15.1 Å². The van der Waals surface area contributed by atoms with Crippen molar-refractivity contribution in [2.75, 3.05) is 0 Å². The second-order valence-corrected chi connectivity index (χ2v) is 4.10. The summed E-state index contributed by atoms with van der Waals surface area (Å²) in [6.45, 7) is 6.24. The molecule has 1 rings (SSSR count). The van der Waals surface area contributed by atoms with E-state index in [0.29, 0.717) is 0 Å². The molecule has 0 aliphatic heterocycles. The average Bonchev–Trinajstić information content (AvgIpc) is 2.57. The molecule has 1 aromatic heterocycles. The highest BCUT2D eigenvalue weighted by Crippen LogP contribution is 2.20. The number of hydrogen-bond acceptors (Lipinski definition) is 2. The van der Waals surface area contributed by atoms with Crippen molar-refractivity contribution in [1.82, 2.24) is 9.97 Å². The number of nitrogens with zero attached hydrogens (tertiary/aromatic N) is 1. The number of rotatable bonds is 6. The van der Waals surface area contributed by atoms with Crippen molar-refractivity contribution in [2.24, 2.45) is 0 Å². The third-order valence-corrected chi connectivity index (χ3v) is 2.60. The molecule has 0 aromatic carbocycles. The van der Waals surface area contributed by atoms with Gasteiger partial charge in [-0.1, -0.05) is 26.7 Å². The molecule has 0 fully saturated rings. The molecule has 2 N–H and O–H groups in total. The Labute approximate surface area is 91.9 Å². The first-order chi connectivity index (χ1) is 7.19. The number of aromatic nitrogens is 2. The highest BCUT2D eigenvalue weighted by Gasteiger charge is 2.14. The van der Waals surface area contributed by atoms with E-state index >= 15 is 0 Å². The Bertz CT molecular complexity index is 294. The summed E-state index contributed by atoms with van der Waals surface area (Å²) in [5.74, 6) is 1.00. The van der Waals surface area contributed by atoms with Gasteiger partial charge in [-0.25, -0.2) is 4.98 Å². The van der Waals surface area contributed by atoms with Gasteiger partial charge in [0.2, 0.25) is 0 Å². The lowest BCUT2D eigenvalue weighted by Gasteiger charge is -2.07. The highest BCUT2D eigenvalue weighted by atomic mass is 16.3. The second-order valence-electron chi connectivity index (χ2n) is 4.10. The molecule has 15 heavy (non-hydrogen) atoms. The number of H-pyrrole nitrogens is 1. The maximum atomic E-state index is 9.93. The summed E-state index contributed by atoms with van der Waals surface area (Å²) < 4.78 is 0. The fraction of sp³-hybridized carbons (Fsp3) is 0.750. The number of imidazole rings is 1. The Morgan fingerprint density at radius 1 is 1.33 bits per heavy atom. The standard InChI is InChI=1S/C12H22N2O/c1-4-6-8-10(15)12-9(3)13-11(14-12)7-5-2/h10,15H,4-8H2,1-3H3,(H,13,14). The third kappa shape index (κ3) is 3.34. The molecule has 0 saturated carbocycles. The summed E-state index contributed by atoms with van der Waals surface area (Å²) in [5.41, 5.74) is 1.86. The lowest BCUT2D eigenvalue weighted by Crippen LogP contribution is -2.00. The zero-order chi connectivity index (χ0) is 11.3. The second kappa shape index (κ2) is 5.91. The van der Waals surface area contributed by atoms with Gasteiger partial charge in [-0.05, 0) is 19.8 Å². The molecule has 1 atom stereocenters. The monoisotopic (exact) mass is 210 g/mol. The summed E-state index contributed by atoms with van der Waals surface area (Å²) in [4.78, 5) is 7.68. The molecule has 0 aliphatic carbocycles. The van der Waals surface area contributed by atoms with Crippen molar-refractivity contribution in [2.45, 2.75) is 59.0 Å². The number of nitrogens with one attached hydrogen (secondary N) is 1. The van der Waals surface area contributed by atoms with Crippen LogP contribution in [0, 0.1) is 6.92 Å². The largest absolute Gasteiger partial charge is 0.387 e. The molecule has 0 spiro atoms. The van der Waals surface area contributed by atoms with Crippen LogP contribution in [0.4, 0.5) is 0 Å². The Balaban J connectivity index is 2.66. The molecule has 0 saturated heterocycles. The molecule has 1 aromatic rings. The fourth-order valence-electron chi connectivity index (χ4n) is 1.75. The minimum absolute atomic E-state index is 0.396. The van der Waals surface area contributed by atoms with Crippen LogP contribution in [0.1, 0.15) is 62.8 Å². The molecule has 0 radical (unpaired) electrons. The van der Waals surface area contributed by atoms with E-state index in [0.717, 1.165) is 49.3 Å². The molecule has 86 valence electrons. The van der Waals surface area contributed by atoms with E-state index in [1.807, 2.05) is 6.92 Å². The van der Waals surface area contributed by atoms with Gasteiger partial charge in [0.1, 0.15) is 5.82 Å². The highest BCUT2D eigenvalue weighted by molar-refractivity contribution is 5.15. The predicted octanol–water partition coefficient (Wildman–Crippen LogP) is 2.89. The molecule has 1 unspecified atom stereocenters. The molecule has 0 aliphatic rings. The lowest BCUT2D eigenvalue weighted by atomic mass is 10.1. The molecular weight excluding hydrogens is 188 g/mol. The van der Waals surface area contributed by atoms with Crippen LogP contribution in [-0.2, 0) is 6.42 Å². The van der Waals surface area contributed by atoms with Crippen LogP contribution < -0.4 is 0 Å². The van der Waals surface area contributed by atoms with Crippen molar-refractivity contribution in [3.05, 3.63) is 17.2 Å². The van der Waals surface area contributed by atoms with Crippen LogP contribution in [0.3, 0.4) is 0 Å². The van der Waals surface area contributed by atoms with E-state index in [1.165, 1.54) is 0 Å². The van der Waals surface area contributed by atoms with E-state index in [-0.39, 0.29) is 0 Å². The topological polar surface area (TPSA) is 48.9 Å². The summed E-state index contributed by atoms with van der Waals surface area (Å²) in [6.07, 6.45) is 4.62. The van der Waals surface area contributed by atoms with Gasteiger partial charge in [-0.3, -0.25) is 0 Å². The van der Waals surface area contributed by atoms with E-state index in [4.69, 9.17) is 0 Å². The van der Waals surface area contributed by atoms with Gasteiger partial charge in [0, 0.05) is 12.1 Å². The van der Waals surface area contributed by atoms with Crippen LogP contribution in [0.2, 0.25) is 0 Å². The van der Waals surface area contributed by atoms with Gasteiger partial charge in [0.05, 0.1) is 11.8 Å². The van der Waals surface area contributed by atoms with Crippen LogP contribution >= 0.6 is 0 Å². The molecule has 0 amide bonds. The smallest absolute Gasteiger partial charge is 0.106 e. The SMILES string of the molecule is CCCCC(O)c1nc(CCC)[nH]c1C. The normalized spacial score (nSPS) is 13.1. The predicted molar refractivity (Wildman–Crippen MR) is 61.8 cm³/mol. The molecule has 0 bridgehead atoms. The summed E-state index contributed by atoms with van der Waals surface area (Å²) >= 11 is 0. The Kier molecular flexibility index (Phi) is 4.82. The fourth-order valence-corrected chi connectivity index (χ4v) is 1.75. The van der Waals surface area contributed by atoms with Crippen molar-refractivity contribution in [1.29, 1.82) is 0 Å². The quantitative estimate of drug-likeness (QED) is 0.758. The Hall–Kier alpha value is -0.830. The Morgan fingerprint density at radius 2 is 2.07 bits per heavy atom. The minimum atomic E-state index is -0.396. The maximum Gasteiger partial charge on any atom is 0.106 e. The van der Waals surface area contributed by atoms with E-state index in [1.54, 1.807) is 0 Å². The van der Waals surface area contributed by atoms with Gasteiger partial charge in [-0.2, -0.15) is 0 Å². The molecule has 3 nitrogen and oxygen atoms in total. The van der Waals surface area contributed by atoms with Crippen LogP contribution in [0.5, 0.6) is 0 Å². The summed E-state index contributed by atoms with van der Waals surface area (Å²) in [7, 11) is 0. The first-order valence-electron chi connectivity index (χ1n) is 5.92.